The molecule has 0 fully saturated rings. The number of esters is 1. The van der Waals surface area contributed by atoms with Gasteiger partial charge < -0.3 is 19.4 Å². The van der Waals surface area contributed by atoms with E-state index in [1.807, 2.05) is 13.8 Å². The van der Waals surface area contributed by atoms with E-state index >= 15 is 0 Å². The Morgan fingerprint density at radius 1 is 1.03 bits per heavy atom. The summed E-state index contributed by atoms with van der Waals surface area (Å²) in [5, 5.41) is 2.58. The number of oxazole rings is 1. The van der Waals surface area contributed by atoms with E-state index in [0.29, 0.717) is 24.3 Å². The number of amides is 2. The number of aryl methyl sites for hydroxylation is 1. The highest BCUT2D eigenvalue weighted by Gasteiger charge is 2.17. The van der Waals surface area contributed by atoms with Gasteiger partial charge in [0.2, 0.25) is 0 Å². The minimum absolute atomic E-state index is 0.0263. The van der Waals surface area contributed by atoms with Gasteiger partial charge >= 0.3 is 5.97 Å². The molecule has 0 spiro atoms. The van der Waals surface area contributed by atoms with Gasteiger partial charge in [-0.3, -0.25) is 14.4 Å². The maximum absolute atomic E-state index is 13.9. The van der Waals surface area contributed by atoms with Gasteiger partial charge in [0.15, 0.2) is 18.3 Å². The Balaban J connectivity index is 1.44. The Bertz CT molecular complexity index is 1170. The maximum Gasteiger partial charge on any atom is 0.306 e. The van der Waals surface area contributed by atoms with Crippen molar-refractivity contribution in [1.82, 2.24) is 9.88 Å². The molecule has 3 rings (SSSR count). The van der Waals surface area contributed by atoms with Crippen LogP contribution in [0.5, 0.6) is 0 Å². The van der Waals surface area contributed by atoms with Gasteiger partial charge in [0.05, 0.1) is 18.2 Å². The molecule has 1 N–H and O–H groups in total. The predicted octanol–water partition coefficient (Wildman–Crippen LogP) is 4.22. The first kappa shape index (κ1) is 25.5. The van der Waals surface area contributed by atoms with E-state index in [1.165, 1.54) is 12.3 Å². The highest BCUT2D eigenvalue weighted by atomic mass is 19.1. The molecule has 0 aliphatic heterocycles. The van der Waals surface area contributed by atoms with Crippen LogP contribution < -0.4 is 5.32 Å². The number of ether oxygens (including phenoxy) is 1. The highest BCUT2D eigenvalue weighted by molar-refractivity contribution is 5.96. The number of nitrogens with one attached hydrogen (secondary N) is 1. The van der Waals surface area contributed by atoms with Gasteiger partial charge in [0.25, 0.3) is 11.8 Å². The Hall–Kier alpha value is -4.08. The number of hydrogen-bond donors (Lipinski definition) is 1. The summed E-state index contributed by atoms with van der Waals surface area (Å²) in [4.78, 5) is 42.0. The zero-order valence-corrected chi connectivity index (χ0v) is 19.3. The average Bonchev–Trinajstić information content (AvgIpc) is 3.31. The maximum atomic E-state index is 13.9. The minimum atomic E-state index is -0.789. The number of nitrogens with zero attached hydrogens (tertiary/aromatic N) is 2. The normalized spacial score (nSPS) is 10.6. The van der Waals surface area contributed by atoms with Crippen LogP contribution in [0.4, 0.5) is 14.5 Å². The van der Waals surface area contributed by atoms with Gasteiger partial charge in [-0.15, -0.1) is 0 Å². The highest BCUT2D eigenvalue weighted by Crippen LogP contribution is 2.26. The fourth-order valence-electron chi connectivity index (χ4n) is 3.29. The second-order valence-corrected chi connectivity index (χ2v) is 7.48. The number of halogens is 2. The standard InChI is InChI=1S/C25H25F2N3O5/c1-3-30(4-2)25(33)16-8-10-17(11-9-16)29-21(31)15-34-23(32)13-12-22-28-14-20(35-22)24-18(26)6-5-7-19(24)27/h5-11,14H,3-4,12-13,15H2,1-2H3,(H,29,31). The Labute approximate surface area is 200 Å². The van der Waals surface area contributed by atoms with Crippen molar-refractivity contribution in [3.8, 4) is 11.3 Å². The molecular formula is C25H25F2N3O5. The molecule has 0 aliphatic carbocycles. The van der Waals surface area contributed by atoms with Gasteiger partial charge in [-0.25, -0.2) is 13.8 Å². The molecule has 8 nitrogen and oxygen atoms in total. The third-order valence-electron chi connectivity index (χ3n) is 5.14. The predicted molar refractivity (Wildman–Crippen MR) is 123 cm³/mol. The number of hydrogen-bond acceptors (Lipinski definition) is 6. The van der Waals surface area contributed by atoms with Crippen LogP contribution in [0.1, 0.15) is 36.5 Å². The summed E-state index contributed by atoms with van der Waals surface area (Å²) in [6.07, 6.45) is 1.06. The van der Waals surface area contributed by atoms with E-state index in [1.54, 1.807) is 29.2 Å². The first-order chi connectivity index (χ1) is 16.8. The number of aromatic nitrogens is 1. The third kappa shape index (κ3) is 6.72. The van der Waals surface area contributed by atoms with Gasteiger partial charge in [-0.05, 0) is 50.2 Å². The summed E-state index contributed by atoms with van der Waals surface area (Å²) in [6, 6.07) is 9.84. The molecule has 10 heteroatoms. The minimum Gasteiger partial charge on any atom is -0.456 e. The second-order valence-electron chi connectivity index (χ2n) is 7.48. The van der Waals surface area contributed by atoms with Crippen molar-refractivity contribution in [2.24, 2.45) is 0 Å². The van der Waals surface area contributed by atoms with E-state index < -0.39 is 30.1 Å². The lowest BCUT2D eigenvalue weighted by molar-refractivity contribution is -0.147. The molecule has 0 bridgehead atoms. The van der Waals surface area contributed by atoms with Crippen molar-refractivity contribution < 1.29 is 32.3 Å². The smallest absolute Gasteiger partial charge is 0.306 e. The fraction of sp³-hybridized carbons (Fsp3) is 0.280. The van der Waals surface area contributed by atoms with Gasteiger partial charge in [-0.2, -0.15) is 0 Å². The van der Waals surface area contributed by atoms with E-state index in [0.717, 1.165) is 12.1 Å². The van der Waals surface area contributed by atoms with Crippen LogP contribution in [0.2, 0.25) is 0 Å². The summed E-state index contributed by atoms with van der Waals surface area (Å²) in [6.45, 7) is 4.48. The van der Waals surface area contributed by atoms with Crippen molar-refractivity contribution in [3.05, 3.63) is 71.8 Å². The number of anilines is 1. The first-order valence-electron chi connectivity index (χ1n) is 11.1. The van der Waals surface area contributed by atoms with Gasteiger partial charge in [0.1, 0.15) is 11.6 Å². The summed E-state index contributed by atoms with van der Waals surface area (Å²) < 4.78 is 38.0. The zero-order valence-electron chi connectivity index (χ0n) is 19.3. The van der Waals surface area contributed by atoms with Crippen LogP contribution in [0, 0.1) is 11.6 Å². The molecule has 3 aromatic rings. The number of carbonyl (C=O) groups excluding carboxylic acids is 3. The number of benzene rings is 2. The Kier molecular flexibility index (Phi) is 8.66. The van der Waals surface area contributed by atoms with Crippen molar-refractivity contribution in [1.29, 1.82) is 0 Å². The molecule has 2 aromatic carbocycles. The van der Waals surface area contributed by atoms with Crippen LogP contribution in [-0.2, 0) is 20.7 Å². The lowest BCUT2D eigenvalue weighted by Gasteiger charge is -2.18. The van der Waals surface area contributed by atoms with Crippen LogP contribution in [-0.4, -0.2) is 47.4 Å². The average molecular weight is 485 g/mol. The quantitative estimate of drug-likeness (QED) is 0.432. The van der Waals surface area contributed by atoms with Crippen molar-refractivity contribution in [2.45, 2.75) is 26.7 Å². The summed E-state index contributed by atoms with van der Waals surface area (Å²) in [7, 11) is 0. The summed E-state index contributed by atoms with van der Waals surface area (Å²) in [5.41, 5.74) is 0.622. The first-order valence-corrected chi connectivity index (χ1v) is 11.1. The van der Waals surface area contributed by atoms with Crippen molar-refractivity contribution in [2.75, 3.05) is 25.0 Å². The number of rotatable bonds is 10. The molecule has 0 unspecified atom stereocenters. The molecule has 0 atom stereocenters. The Morgan fingerprint density at radius 2 is 1.69 bits per heavy atom. The van der Waals surface area contributed by atoms with Crippen LogP contribution in [0.15, 0.2) is 53.1 Å². The van der Waals surface area contributed by atoms with Crippen molar-refractivity contribution >= 4 is 23.5 Å². The van der Waals surface area contributed by atoms with Crippen molar-refractivity contribution in [3.63, 3.8) is 0 Å². The second kappa shape index (κ2) is 11.9. The Morgan fingerprint density at radius 3 is 2.31 bits per heavy atom. The zero-order chi connectivity index (χ0) is 25.4. The summed E-state index contributed by atoms with van der Waals surface area (Å²) in [5.74, 6) is -2.88. The third-order valence-corrected chi connectivity index (χ3v) is 5.14. The van der Waals surface area contributed by atoms with Crippen LogP contribution in [0.3, 0.4) is 0 Å². The lowest BCUT2D eigenvalue weighted by atomic mass is 10.1. The largest absolute Gasteiger partial charge is 0.456 e. The molecule has 35 heavy (non-hydrogen) atoms. The molecule has 0 saturated heterocycles. The molecule has 0 saturated carbocycles. The molecule has 1 heterocycles. The van der Waals surface area contributed by atoms with Gasteiger partial charge in [0, 0.05) is 30.8 Å². The SMILES string of the molecule is CCN(CC)C(=O)c1ccc(NC(=O)COC(=O)CCc2ncc(-c3c(F)cccc3F)o2)cc1. The van der Waals surface area contributed by atoms with Crippen LogP contribution in [0.25, 0.3) is 11.3 Å². The van der Waals surface area contributed by atoms with Crippen LogP contribution >= 0.6 is 0 Å². The van der Waals surface area contributed by atoms with Gasteiger partial charge in [-0.1, -0.05) is 6.07 Å². The molecule has 184 valence electrons. The lowest BCUT2D eigenvalue weighted by Crippen LogP contribution is -2.30. The monoisotopic (exact) mass is 485 g/mol. The molecule has 0 radical (unpaired) electrons. The van der Waals surface area contributed by atoms with E-state index in [2.05, 4.69) is 10.3 Å². The molecular weight excluding hydrogens is 460 g/mol. The topological polar surface area (TPSA) is 102 Å². The number of carbonyl (C=O) groups is 3. The summed E-state index contributed by atoms with van der Waals surface area (Å²) >= 11 is 0. The molecule has 1 aromatic heterocycles. The van der Waals surface area contributed by atoms with E-state index in [4.69, 9.17) is 9.15 Å². The van der Waals surface area contributed by atoms with E-state index in [-0.39, 0.29) is 36.0 Å². The molecule has 0 aliphatic rings. The van der Waals surface area contributed by atoms with E-state index in [9.17, 15) is 23.2 Å². The molecule has 2 amide bonds. The fourth-order valence-corrected chi connectivity index (χ4v) is 3.29.